The predicted octanol–water partition coefficient (Wildman–Crippen LogP) is 4.92. The Balaban J connectivity index is 1.50. The quantitative estimate of drug-likeness (QED) is 0.341. The van der Waals surface area contributed by atoms with E-state index in [9.17, 15) is 9.59 Å². The number of amides is 2. The molecule has 3 atom stereocenters. The Morgan fingerprint density at radius 2 is 1.39 bits per heavy atom. The van der Waals surface area contributed by atoms with E-state index in [0.717, 1.165) is 16.5 Å². The minimum atomic E-state index is -0.995. The monoisotopic (exact) mass is 510 g/mol. The lowest BCUT2D eigenvalue weighted by molar-refractivity contribution is -0.126. The molecule has 38 heavy (non-hydrogen) atoms. The Hall–Kier alpha value is -4.56. The summed E-state index contributed by atoms with van der Waals surface area (Å²) in [6.45, 7) is 0. The van der Waals surface area contributed by atoms with Crippen LogP contribution in [0.15, 0.2) is 84.9 Å². The van der Waals surface area contributed by atoms with Crippen LogP contribution in [0.1, 0.15) is 11.6 Å². The molecule has 2 aliphatic rings. The average Bonchev–Trinajstić information content (AvgIpc) is 3.47. The Morgan fingerprint density at radius 1 is 0.737 bits per heavy atom. The number of benzene rings is 4. The number of hydrogen-bond acceptors (Lipinski definition) is 7. The van der Waals surface area contributed by atoms with Gasteiger partial charge in [-0.2, -0.15) is 0 Å². The summed E-state index contributed by atoms with van der Waals surface area (Å²) in [5, 5.41) is 3.41. The van der Waals surface area contributed by atoms with Crippen molar-refractivity contribution in [1.29, 1.82) is 0 Å². The first-order valence-electron chi connectivity index (χ1n) is 12.2. The van der Waals surface area contributed by atoms with Crippen LogP contribution in [-0.4, -0.2) is 39.2 Å². The maximum absolute atomic E-state index is 14.1. The van der Waals surface area contributed by atoms with Crippen molar-refractivity contribution in [2.75, 3.05) is 31.3 Å². The summed E-state index contributed by atoms with van der Waals surface area (Å²) in [4.78, 5) is 35.5. The number of methoxy groups -OCH3 is 3. The third-order valence-corrected chi connectivity index (χ3v) is 7.16. The Kier molecular flexibility index (Phi) is 5.88. The summed E-state index contributed by atoms with van der Waals surface area (Å²) in [5.74, 6) is -0.195. The summed E-state index contributed by atoms with van der Waals surface area (Å²) in [6, 6.07) is 25.7. The molecule has 2 aliphatic heterocycles. The third-order valence-electron chi connectivity index (χ3n) is 7.16. The van der Waals surface area contributed by atoms with Gasteiger partial charge in [-0.1, -0.05) is 54.6 Å². The van der Waals surface area contributed by atoms with Gasteiger partial charge < -0.3 is 14.2 Å². The fourth-order valence-corrected chi connectivity index (χ4v) is 5.47. The van der Waals surface area contributed by atoms with Gasteiger partial charge in [0.2, 0.25) is 11.7 Å². The number of rotatable bonds is 6. The summed E-state index contributed by atoms with van der Waals surface area (Å²) in [5.41, 5.74) is 1.96. The number of anilines is 2. The summed E-state index contributed by atoms with van der Waals surface area (Å²) >= 11 is 0. The van der Waals surface area contributed by atoms with Gasteiger partial charge in [0.15, 0.2) is 17.6 Å². The number of carbonyl (C=O) groups excluding carboxylic acids is 2. The SMILES string of the molecule is COc1cc([C@@H]2[C@H]3C(=O)N(c4cccc5ccccc45)C(=O)[C@H]3ON2c2ccccc2)cc(OC)c1OC. The van der Waals surface area contributed by atoms with E-state index in [1.165, 1.54) is 26.2 Å². The van der Waals surface area contributed by atoms with E-state index >= 15 is 0 Å². The van der Waals surface area contributed by atoms with Crippen molar-refractivity contribution in [3.05, 3.63) is 90.5 Å². The zero-order chi connectivity index (χ0) is 26.4. The molecule has 0 spiro atoms. The van der Waals surface area contributed by atoms with E-state index in [0.29, 0.717) is 28.5 Å². The Morgan fingerprint density at radius 3 is 2.08 bits per heavy atom. The van der Waals surface area contributed by atoms with Gasteiger partial charge in [0.05, 0.1) is 38.7 Å². The number of nitrogens with zero attached hydrogens (tertiary/aromatic N) is 2. The molecular weight excluding hydrogens is 484 g/mol. The highest BCUT2D eigenvalue weighted by atomic mass is 16.7. The van der Waals surface area contributed by atoms with Gasteiger partial charge >= 0.3 is 0 Å². The molecule has 4 aromatic carbocycles. The zero-order valence-electron chi connectivity index (χ0n) is 21.2. The van der Waals surface area contributed by atoms with Crippen LogP contribution in [0.25, 0.3) is 10.8 Å². The Bertz CT molecular complexity index is 1510. The van der Waals surface area contributed by atoms with Crippen LogP contribution in [0.4, 0.5) is 11.4 Å². The van der Waals surface area contributed by atoms with Crippen molar-refractivity contribution in [2.45, 2.75) is 12.1 Å². The van der Waals surface area contributed by atoms with Crippen molar-refractivity contribution in [3.63, 3.8) is 0 Å². The molecule has 0 bridgehead atoms. The molecule has 0 radical (unpaired) electrons. The predicted molar refractivity (Wildman–Crippen MR) is 143 cm³/mol. The number of hydrogen-bond donors (Lipinski definition) is 0. The number of fused-ring (bicyclic) bond motifs is 2. The number of imide groups is 1. The van der Waals surface area contributed by atoms with Crippen LogP contribution in [0.3, 0.4) is 0 Å². The lowest BCUT2D eigenvalue weighted by atomic mass is 9.90. The maximum atomic E-state index is 14.1. The molecule has 8 nitrogen and oxygen atoms in total. The minimum absolute atomic E-state index is 0.325. The van der Waals surface area contributed by atoms with E-state index in [1.807, 2.05) is 66.7 Å². The van der Waals surface area contributed by atoms with Crippen LogP contribution in [0.2, 0.25) is 0 Å². The first-order chi connectivity index (χ1) is 18.6. The topological polar surface area (TPSA) is 77.5 Å². The van der Waals surface area contributed by atoms with Gasteiger partial charge in [-0.25, -0.2) is 9.96 Å². The zero-order valence-corrected chi connectivity index (χ0v) is 21.2. The van der Waals surface area contributed by atoms with E-state index in [-0.39, 0.29) is 5.91 Å². The van der Waals surface area contributed by atoms with Gasteiger partial charge in [0.25, 0.3) is 5.91 Å². The molecule has 192 valence electrons. The van der Waals surface area contributed by atoms with E-state index in [2.05, 4.69) is 0 Å². The molecule has 6 rings (SSSR count). The van der Waals surface area contributed by atoms with Gasteiger partial charge in [-0.3, -0.25) is 14.4 Å². The second-order valence-corrected chi connectivity index (χ2v) is 9.13. The van der Waals surface area contributed by atoms with Crippen LogP contribution in [0.5, 0.6) is 17.2 Å². The molecular formula is C30H26N2O6. The first kappa shape index (κ1) is 23.8. The van der Waals surface area contributed by atoms with Crippen molar-refractivity contribution in [3.8, 4) is 17.2 Å². The van der Waals surface area contributed by atoms with Gasteiger partial charge in [0.1, 0.15) is 5.92 Å². The van der Waals surface area contributed by atoms with Crippen LogP contribution < -0.4 is 24.2 Å². The number of hydroxylamine groups is 1. The smallest absolute Gasteiger partial charge is 0.266 e. The second-order valence-electron chi connectivity index (χ2n) is 9.13. The van der Waals surface area contributed by atoms with Crippen molar-refractivity contribution in [2.24, 2.45) is 5.92 Å². The minimum Gasteiger partial charge on any atom is -0.493 e. The van der Waals surface area contributed by atoms with E-state index < -0.39 is 24.0 Å². The molecule has 4 aromatic rings. The number of carbonyl (C=O) groups is 2. The largest absolute Gasteiger partial charge is 0.493 e. The molecule has 2 fully saturated rings. The lowest BCUT2D eigenvalue weighted by Gasteiger charge is -2.29. The fourth-order valence-electron chi connectivity index (χ4n) is 5.47. The fraction of sp³-hybridized carbons (Fsp3) is 0.200. The summed E-state index contributed by atoms with van der Waals surface area (Å²) < 4.78 is 16.7. The molecule has 0 aliphatic carbocycles. The first-order valence-corrected chi connectivity index (χ1v) is 12.2. The molecule has 2 heterocycles. The molecule has 8 heteroatoms. The highest BCUT2D eigenvalue weighted by molar-refractivity contribution is 6.26. The maximum Gasteiger partial charge on any atom is 0.266 e. The van der Waals surface area contributed by atoms with Crippen LogP contribution >= 0.6 is 0 Å². The average molecular weight is 511 g/mol. The normalized spacial score (nSPS) is 20.7. The van der Waals surface area contributed by atoms with E-state index in [1.54, 1.807) is 23.3 Å². The molecule has 2 saturated heterocycles. The molecule has 0 aromatic heterocycles. The lowest BCUT2D eigenvalue weighted by Crippen LogP contribution is -2.37. The number of ether oxygens (including phenoxy) is 3. The van der Waals surface area contributed by atoms with Crippen LogP contribution in [-0.2, 0) is 14.4 Å². The molecule has 0 saturated carbocycles. The van der Waals surface area contributed by atoms with Gasteiger partial charge in [-0.05, 0) is 41.3 Å². The summed E-state index contributed by atoms with van der Waals surface area (Å²) in [6.07, 6.45) is -0.995. The van der Waals surface area contributed by atoms with E-state index in [4.69, 9.17) is 19.0 Å². The highest BCUT2D eigenvalue weighted by Crippen LogP contribution is 2.50. The molecule has 0 unspecified atom stereocenters. The Labute approximate surface area is 219 Å². The highest BCUT2D eigenvalue weighted by Gasteiger charge is 2.60. The number of para-hydroxylation sites is 1. The second kappa shape index (κ2) is 9.39. The van der Waals surface area contributed by atoms with Crippen molar-refractivity contribution < 1.29 is 28.6 Å². The van der Waals surface area contributed by atoms with Crippen LogP contribution in [0, 0.1) is 5.92 Å². The van der Waals surface area contributed by atoms with Crippen molar-refractivity contribution in [1.82, 2.24) is 0 Å². The molecule has 0 N–H and O–H groups in total. The summed E-state index contributed by atoms with van der Waals surface area (Å²) in [7, 11) is 4.61. The van der Waals surface area contributed by atoms with Gasteiger partial charge in [-0.15, -0.1) is 0 Å². The molecule has 2 amide bonds. The third kappa shape index (κ3) is 3.56. The standard InChI is InChI=1S/C30H26N2O6/c1-35-23-16-19(17-24(36-2)27(23)37-3)26-25-28(38-32(26)20-12-5-4-6-13-20)30(34)31(29(25)33)22-15-9-11-18-10-7-8-14-21(18)22/h4-17,25-26,28H,1-3H3/t25-,26-,28+/m1/s1. The van der Waals surface area contributed by atoms with Crippen molar-refractivity contribution >= 4 is 34.0 Å². The van der Waals surface area contributed by atoms with Gasteiger partial charge in [0, 0.05) is 5.39 Å².